The summed E-state index contributed by atoms with van der Waals surface area (Å²) >= 11 is 0. The van der Waals surface area contributed by atoms with Gasteiger partial charge in [0.1, 0.15) is 11.6 Å². The number of para-hydroxylation sites is 1. The number of likely N-dealkylation sites (N-methyl/N-ethyl adjacent to an activating group) is 1. The van der Waals surface area contributed by atoms with Gasteiger partial charge in [-0.3, -0.25) is 9.69 Å². The van der Waals surface area contributed by atoms with Crippen LogP contribution in [0.3, 0.4) is 0 Å². The second kappa shape index (κ2) is 9.34. The van der Waals surface area contributed by atoms with Crippen molar-refractivity contribution < 1.29 is 22.7 Å². The Labute approximate surface area is 173 Å². The highest BCUT2D eigenvalue weighted by atomic mass is 19.4. The van der Waals surface area contributed by atoms with Crippen LogP contribution in [0.25, 0.3) is 0 Å². The molecule has 1 aliphatic heterocycles. The van der Waals surface area contributed by atoms with E-state index in [1.54, 1.807) is 19.1 Å². The van der Waals surface area contributed by atoms with Crippen molar-refractivity contribution in [3.05, 3.63) is 53.7 Å². The molecule has 1 aromatic carbocycles. The summed E-state index contributed by atoms with van der Waals surface area (Å²) in [7, 11) is 3.36. The van der Waals surface area contributed by atoms with Gasteiger partial charge in [0.25, 0.3) is 0 Å². The minimum atomic E-state index is -4.39. The molecule has 0 saturated carbocycles. The third-order valence-electron chi connectivity index (χ3n) is 5.16. The van der Waals surface area contributed by atoms with Crippen molar-refractivity contribution in [3.63, 3.8) is 0 Å². The lowest BCUT2D eigenvalue weighted by molar-refractivity contribution is -0.137. The normalized spacial score (nSPS) is 15.2. The molecule has 1 fully saturated rings. The number of benzene rings is 1. The van der Waals surface area contributed by atoms with Crippen LogP contribution >= 0.6 is 0 Å². The van der Waals surface area contributed by atoms with Crippen LogP contribution in [0.15, 0.2) is 42.6 Å². The molecule has 1 amide bonds. The summed E-state index contributed by atoms with van der Waals surface area (Å²) in [6.07, 6.45) is -3.53. The van der Waals surface area contributed by atoms with Crippen LogP contribution in [-0.4, -0.2) is 67.6 Å². The second-order valence-electron chi connectivity index (χ2n) is 7.23. The molecule has 6 nitrogen and oxygen atoms in total. The van der Waals surface area contributed by atoms with Gasteiger partial charge < -0.3 is 14.5 Å². The van der Waals surface area contributed by atoms with Gasteiger partial charge >= 0.3 is 6.18 Å². The lowest BCUT2D eigenvalue weighted by Gasteiger charge is -2.35. The van der Waals surface area contributed by atoms with Gasteiger partial charge in [-0.1, -0.05) is 18.2 Å². The highest BCUT2D eigenvalue weighted by Crippen LogP contribution is 2.29. The number of carbonyl (C=O) groups excluding carboxylic acids is 1. The number of aromatic nitrogens is 1. The Kier molecular flexibility index (Phi) is 6.81. The quantitative estimate of drug-likeness (QED) is 0.717. The number of pyridine rings is 1. The minimum absolute atomic E-state index is 0.00186. The van der Waals surface area contributed by atoms with E-state index in [0.29, 0.717) is 45.1 Å². The van der Waals surface area contributed by atoms with Crippen molar-refractivity contribution in [1.82, 2.24) is 14.8 Å². The van der Waals surface area contributed by atoms with Gasteiger partial charge in [0.05, 0.1) is 19.2 Å². The van der Waals surface area contributed by atoms with Crippen molar-refractivity contribution in [2.75, 3.05) is 51.8 Å². The maximum Gasteiger partial charge on any atom is 0.417 e. The van der Waals surface area contributed by atoms with Gasteiger partial charge in [-0.2, -0.15) is 13.2 Å². The fourth-order valence-electron chi connectivity index (χ4n) is 3.37. The number of hydrogen-bond donors (Lipinski definition) is 0. The first-order valence-electron chi connectivity index (χ1n) is 9.64. The van der Waals surface area contributed by atoms with Gasteiger partial charge in [-0.25, -0.2) is 4.98 Å². The Morgan fingerprint density at radius 1 is 1.13 bits per heavy atom. The van der Waals surface area contributed by atoms with Gasteiger partial charge in [-0.15, -0.1) is 0 Å². The number of halogens is 3. The van der Waals surface area contributed by atoms with Crippen molar-refractivity contribution in [2.24, 2.45) is 0 Å². The molecule has 0 radical (unpaired) electrons. The summed E-state index contributed by atoms with van der Waals surface area (Å²) in [6.45, 7) is 3.22. The van der Waals surface area contributed by atoms with Crippen molar-refractivity contribution in [1.29, 1.82) is 0 Å². The topological polar surface area (TPSA) is 48.9 Å². The number of rotatable bonds is 6. The molecule has 0 spiro atoms. The molecule has 0 bridgehead atoms. The molecule has 1 aromatic heterocycles. The van der Waals surface area contributed by atoms with Crippen LogP contribution in [0.5, 0.6) is 5.75 Å². The van der Waals surface area contributed by atoms with E-state index in [0.717, 1.165) is 23.6 Å². The molecule has 3 rings (SSSR count). The second-order valence-corrected chi connectivity index (χ2v) is 7.23. The number of nitrogens with zero attached hydrogens (tertiary/aromatic N) is 4. The maximum absolute atomic E-state index is 12.7. The lowest BCUT2D eigenvalue weighted by atomic mass is 10.2. The molecular formula is C21H25F3N4O2. The number of methoxy groups -OCH3 is 1. The summed E-state index contributed by atoms with van der Waals surface area (Å²) in [4.78, 5) is 22.2. The van der Waals surface area contributed by atoms with Crippen molar-refractivity contribution in [3.8, 4) is 5.75 Å². The molecule has 1 aliphatic rings. The summed E-state index contributed by atoms with van der Waals surface area (Å²) < 4.78 is 43.4. The van der Waals surface area contributed by atoms with Crippen LogP contribution in [0.1, 0.15) is 11.1 Å². The van der Waals surface area contributed by atoms with Crippen LogP contribution in [0.2, 0.25) is 0 Å². The first-order chi connectivity index (χ1) is 14.3. The van der Waals surface area contributed by atoms with Crippen LogP contribution < -0.4 is 9.64 Å². The van der Waals surface area contributed by atoms with E-state index in [-0.39, 0.29) is 5.91 Å². The molecule has 162 valence electrons. The zero-order valence-electron chi connectivity index (χ0n) is 17.0. The van der Waals surface area contributed by atoms with Gasteiger partial charge in [-0.05, 0) is 18.2 Å². The van der Waals surface area contributed by atoms with Gasteiger partial charge in [0, 0.05) is 51.5 Å². The Morgan fingerprint density at radius 3 is 2.43 bits per heavy atom. The number of carbonyl (C=O) groups is 1. The van der Waals surface area contributed by atoms with E-state index >= 15 is 0 Å². The third kappa shape index (κ3) is 5.41. The first kappa shape index (κ1) is 21.9. The van der Waals surface area contributed by atoms with Crippen molar-refractivity contribution >= 4 is 11.7 Å². The molecule has 0 aliphatic carbocycles. The van der Waals surface area contributed by atoms with E-state index < -0.39 is 11.7 Å². The molecule has 1 saturated heterocycles. The minimum Gasteiger partial charge on any atom is -0.496 e. The number of piperazine rings is 1. The number of amides is 1. The predicted molar refractivity (Wildman–Crippen MR) is 107 cm³/mol. The lowest BCUT2D eigenvalue weighted by Crippen LogP contribution is -2.49. The van der Waals surface area contributed by atoms with Crippen LogP contribution in [-0.2, 0) is 17.5 Å². The van der Waals surface area contributed by atoms with Crippen LogP contribution in [0, 0.1) is 0 Å². The van der Waals surface area contributed by atoms with E-state index in [4.69, 9.17) is 4.74 Å². The predicted octanol–water partition coefficient (Wildman–Crippen LogP) is 2.89. The molecule has 0 unspecified atom stereocenters. The summed E-state index contributed by atoms with van der Waals surface area (Å²) in [5, 5.41) is 0. The summed E-state index contributed by atoms with van der Waals surface area (Å²) in [5.74, 6) is 1.26. The fraction of sp³-hybridized carbons (Fsp3) is 0.429. The average molecular weight is 422 g/mol. The SMILES string of the molecule is COc1ccccc1CN(C)C(=O)CN1CCN(c2ccc(C(F)(F)F)cn2)CC1. The average Bonchev–Trinajstić information content (AvgIpc) is 2.74. The summed E-state index contributed by atoms with van der Waals surface area (Å²) in [6, 6.07) is 10.0. The molecule has 0 atom stereocenters. The van der Waals surface area contributed by atoms with E-state index in [1.165, 1.54) is 6.07 Å². The van der Waals surface area contributed by atoms with Crippen molar-refractivity contribution in [2.45, 2.75) is 12.7 Å². The standard InChI is InChI=1S/C21H25F3N4O2/c1-26(14-16-5-3-4-6-18(16)30-2)20(29)15-27-9-11-28(12-10-27)19-8-7-17(13-25-19)21(22,23)24/h3-8,13H,9-12,14-15H2,1-2H3. The summed E-state index contributed by atoms with van der Waals surface area (Å²) in [5.41, 5.74) is 0.183. The molecule has 9 heteroatoms. The van der Waals surface area contributed by atoms with E-state index in [2.05, 4.69) is 4.98 Å². The highest BCUT2D eigenvalue weighted by Gasteiger charge is 2.31. The Morgan fingerprint density at radius 2 is 1.83 bits per heavy atom. The molecule has 30 heavy (non-hydrogen) atoms. The Hall–Kier alpha value is -2.81. The number of hydrogen-bond acceptors (Lipinski definition) is 5. The number of anilines is 1. The molecule has 0 N–H and O–H groups in total. The smallest absolute Gasteiger partial charge is 0.417 e. The number of ether oxygens (including phenoxy) is 1. The molecule has 2 aromatic rings. The highest BCUT2D eigenvalue weighted by molar-refractivity contribution is 5.78. The molecule has 2 heterocycles. The zero-order chi connectivity index (χ0) is 21.7. The first-order valence-corrected chi connectivity index (χ1v) is 9.64. The fourth-order valence-corrected chi connectivity index (χ4v) is 3.37. The monoisotopic (exact) mass is 422 g/mol. The van der Waals surface area contributed by atoms with Crippen LogP contribution in [0.4, 0.5) is 19.0 Å². The van der Waals surface area contributed by atoms with E-state index in [1.807, 2.05) is 34.1 Å². The zero-order valence-corrected chi connectivity index (χ0v) is 17.0. The number of alkyl halides is 3. The molecular weight excluding hydrogens is 397 g/mol. The van der Waals surface area contributed by atoms with Gasteiger partial charge in [0.15, 0.2) is 0 Å². The van der Waals surface area contributed by atoms with E-state index in [9.17, 15) is 18.0 Å². The largest absolute Gasteiger partial charge is 0.496 e. The Balaban J connectivity index is 1.50. The van der Waals surface area contributed by atoms with Gasteiger partial charge in [0.2, 0.25) is 5.91 Å². The third-order valence-corrected chi connectivity index (χ3v) is 5.16. The Bertz CT molecular complexity index is 850. The maximum atomic E-state index is 12.7.